The van der Waals surface area contributed by atoms with Crippen LogP contribution in [0.2, 0.25) is 5.15 Å². The molecular formula is C13H11ClFNO. The van der Waals surface area contributed by atoms with Crippen LogP contribution in [0.15, 0.2) is 36.5 Å². The summed E-state index contributed by atoms with van der Waals surface area (Å²) in [5.41, 5.74) is 1.50. The van der Waals surface area contributed by atoms with Gasteiger partial charge in [-0.25, -0.2) is 9.37 Å². The number of hydrogen-bond acceptors (Lipinski definition) is 2. The monoisotopic (exact) mass is 251 g/mol. The second-order valence-electron chi connectivity index (χ2n) is 3.69. The van der Waals surface area contributed by atoms with E-state index in [1.54, 1.807) is 37.4 Å². The zero-order valence-corrected chi connectivity index (χ0v) is 10.0. The zero-order chi connectivity index (χ0) is 12.3. The number of halogens is 2. The van der Waals surface area contributed by atoms with Crippen molar-refractivity contribution in [2.24, 2.45) is 0 Å². The Morgan fingerprint density at radius 3 is 2.82 bits per heavy atom. The normalized spacial score (nSPS) is 10.3. The van der Waals surface area contributed by atoms with Gasteiger partial charge in [0, 0.05) is 12.3 Å². The third-order valence-corrected chi connectivity index (χ3v) is 2.55. The second kappa shape index (κ2) is 5.15. The van der Waals surface area contributed by atoms with Gasteiger partial charge in [-0.2, -0.15) is 0 Å². The van der Waals surface area contributed by atoms with E-state index in [-0.39, 0.29) is 5.82 Å². The quantitative estimate of drug-likeness (QED) is 0.775. The van der Waals surface area contributed by atoms with Crippen molar-refractivity contribution in [1.82, 2.24) is 4.98 Å². The van der Waals surface area contributed by atoms with Crippen molar-refractivity contribution in [2.45, 2.75) is 13.5 Å². The highest BCUT2D eigenvalue weighted by Crippen LogP contribution is 2.17. The highest BCUT2D eigenvalue weighted by Gasteiger charge is 2.01. The first-order valence-corrected chi connectivity index (χ1v) is 5.52. The third kappa shape index (κ3) is 3.17. The van der Waals surface area contributed by atoms with Crippen LogP contribution in [-0.2, 0) is 6.61 Å². The van der Waals surface area contributed by atoms with Gasteiger partial charge in [-0.05, 0) is 36.2 Å². The lowest BCUT2D eigenvalue weighted by Gasteiger charge is -2.07. The molecule has 2 aromatic rings. The first kappa shape index (κ1) is 11.9. The number of nitrogens with zero attached hydrogens (tertiary/aromatic N) is 1. The zero-order valence-electron chi connectivity index (χ0n) is 9.28. The first-order valence-electron chi connectivity index (χ1n) is 5.14. The Morgan fingerprint density at radius 1 is 1.29 bits per heavy atom. The van der Waals surface area contributed by atoms with Gasteiger partial charge in [0.05, 0.1) is 0 Å². The standard InChI is InChI=1S/C13H11ClFNO/c1-9-2-3-11(7-12(9)15)17-8-10-4-5-16-13(14)6-10/h2-7H,8H2,1H3. The number of benzene rings is 1. The molecule has 0 atom stereocenters. The van der Waals surface area contributed by atoms with Gasteiger partial charge in [0.1, 0.15) is 23.3 Å². The SMILES string of the molecule is Cc1ccc(OCc2ccnc(Cl)c2)cc1F. The maximum absolute atomic E-state index is 13.3. The van der Waals surface area contributed by atoms with E-state index in [9.17, 15) is 4.39 Å². The van der Waals surface area contributed by atoms with E-state index in [2.05, 4.69) is 4.98 Å². The summed E-state index contributed by atoms with van der Waals surface area (Å²) >= 11 is 5.75. The fourth-order valence-electron chi connectivity index (χ4n) is 1.36. The van der Waals surface area contributed by atoms with Crippen LogP contribution < -0.4 is 4.74 Å². The Morgan fingerprint density at radius 2 is 2.12 bits per heavy atom. The molecular weight excluding hydrogens is 241 g/mol. The Hall–Kier alpha value is -1.61. The van der Waals surface area contributed by atoms with Crippen LogP contribution in [0.3, 0.4) is 0 Å². The molecule has 0 unspecified atom stereocenters. The molecule has 0 aliphatic carbocycles. The van der Waals surface area contributed by atoms with Gasteiger partial charge in [0.15, 0.2) is 0 Å². The molecule has 88 valence electrons. The Kier molecular flexibility index (Phi) is 3.59. The lowest BCUT2D eigenvalue weighted by Crippen LogP contribution is -1.96. The molecule has 17 heavy (non-hydrogen) atoms. The van der Waals surface area contributed by atoms with Gasteiger partial charge in [-0.1, -0.05) is 17.7 Å². The molecule has 0 spiro atoms. The minimum Gasteiger partial charge on any atom is -0.489 e. The molecule has 0 amide bonds. The van der Waals surface area contributed by atoms with Crippen LogP contribution in [0.5, 0.6) is 5.75 Å². The van der Waals surface area contributed by atoms with Crippen LogP contribution in [0.4, 0.5) is 4.39 Å². The number of aromatic nitrogens is 1. The molecule has 0 fully saturated rings. The van der Waals surface area contributed by atoms with Gasteiger partial charge >= 0.3 is 0 Å². The molecule has 0 bridgehead atoms. The minimum atomic E-state index is -0.268. The highest BCUT2D eigenvalue weighted by atomic mass is 35.5. The highest BCUT2D eigenvalue weighted by molar-refractivity contribution is 6.29. The molecule has 1 aromatic carbocycles. The van der Waals surface area contributed by atoms with E-state index in [1.807, 2.05) is 0 Å². The summed E-state index contributed by atoms with van der Waals surface area (Å²) in [5.74, 6) is 0.233. The van der Waals surface area contributed by atoms with Crippen molar-refractivity contribution in [3.63, 3.8) is 0 Å². The summed E-state index contributed by atoms with van der Waals surface area (Å²) in [6.45, 7) is 2.05. The number of rotatable bonds is 3. The van der Waals surface area contributed by atoms with Crippen molar-refractivity contribution >= 4 is 11.6 Å². The Labute approximate surface area is 104 Å². The molecule has 0 N–H and O–H groups in total. The number of hydrogen-bond donors (Lipinski definition) is 0. The number of ether oxygens (including phenoxy) is 1. The number of pyridine rings is 1. The van der Waals surface area contributed by atoms with Crippen molar-refractivity contribution in [3.8, 4) is 5.75 Å². The van der Waals surface area contributed by atoms with Crippen molar-refractivity contribution in [2.75, 3.05) is 0 Å². The summed E-state index contributed by atoms with van der Waals surface area (Å²) in [4.78, 5) is 3.87. The molecule has 1 aromatic heterocycles. The van der Waals surface area contributed by atoms with Gasteiger partial charge in [0.2, 0.25) is 0 Å². The predicted molar refractivity (Wildman–Crippen MR) is 64.7 cm³/mol. The maximum Gasteiger partial charge on any atom is 0.129 e. The number of aryl methyl sites for hydroxylation is 1. The molecule has 2 nitrogen and oxygen atoms in total. The van der Waals surface area contributed by atoms with Gasteiger partial charge in [-0.3, -0.25) is 0 Å². The minimum absolute atomic E-state index is 0.268. The van der Waals surface area contributed by atoms with E-state index in [1.165, 1.54) is 6.07 Å². The largest absolute Gasteiger partial charge is 0.489 e. The fourth-order valence-corrected chi connectivity index (χ4v) is 1.56. The van der Waals surface area contributed by atoms with Crippen LogP contribution in [-0.4, -0.2) is 4.98 Å². The molecule has 1 heterocycles. The molecule has 0 saturated heterocycles. The molecule has 0 saturated carbocycles. The van der Waals surface area contributed by atoms with E-state index in [4.69, 9.17) is 16.3 Å². The average molecular weight is 252 g/mol. The molecule has 0 aliphatic heterocycles. The van der Waals surface area contributed by atoms with Crippen LogP contribution in [0, 0.1) is 12.7 Å². The van der Waals surface area contributed by atoms with E-state index >= 15 is 0 Å². The fraction of sp³-hybridized carbons (Fsp3) is 0.154. The molecule has 0 radical (unpaired) electrons. The van der Waals surface area contributed by atoms with Gasteiger partial charge in [-0.15, -0.1) is 0 Å². The van der Waals surface area contributed by atoms with Crippen molar-refractivity contribution < 1.29 is 9.13 Å². The van der Waals surface area contributed by atoms with Crippen LogP contribution in [0.1, 0.15) is 11.1 Å². The van der Waals surface area contributed by atoms with E-state index in [0.29, 0.717) is 23.1 Å². The second-order valence-corrected chi connectivity index (χ2v) is 4.07. The summed E-state index contributed by atoms with van der Waals surface area (Å²) < 4.78 is 18.7. The average Bonchev–Trinajstić information content (AvgIpc) is 2.31. The summed E-state index contributed by atoms with van der Waals surface area (Å²) in [7, 11) is 0. The lowest BCUT2D eigenvalue weighted by atomic mass is 10.2. The van der Waals surface area contributed by atoms with Gasteiger partial charge < -0.3 is 4.74 Å². The van der Waals surface area contributed by atoms with Gasteiger partial charge in [0.25, 0.3) is 0 Å². The van der Waals surface area contributed by atoms with Crippen LogP contribution in [0.25, 0.3) is 0 Å². The summed E-state index contributed by atoms with van der Waals surface area (Å²) in [6, 6.07) is 8.31. The Bertz CT molecular complexity index is 531. The molecule has 0 aliphatic rings. The Balaban J connectivity index is 2.05. The van der Waals surface area contributed by atoms with E-state index in [0.717, 1.165) is 5.56 Å². The lowest BCUT2D eigenvalue weighted by molar-refractivity contribution is 0.304. The predicted octanol–water partition coefficient (Wildman–Crippen LogP) is 3.76. The van der Waals surface area contributed by atoms with Crippen molar-refractivity contribution in [1.29, 1.82) is 0 Å². The third-order valence-electron chi connectivity index (χ3n) is 2.34. The van der Waals surface area contributed by atoms with E-state index < -0.39 is 0 Å². The topological polar surface area (TPSA) is 22.1 Å². The maximum atomic E-state index is 13.3. The summed E-state index contributed by atoms with van der Waals surface area (Å²) in [5, 5.41) is 0.418. The molecule has 2 rings (SSSR count). The molecule has 4 heteroatoms. The summed E-state index contributed by atoms with van der Waals surface area (Å²) in [6.07, 6.45) is 1.61. The smallest absolute Gasteiger partial charge is 0.129 e. The van der Waals surface area contributed by atoms with Crippen molar-refractivity contribution in [3.05, 3.63) is 58.6 Å². The first-order chi connectivity index (χ1) is 8.15. The van der Waals surface area contributed by atoms with Crippen LogP contribution >= 0.6 is 11.6 Å².